The minimum Gasteiger partial charge on any atom is -0.393 e. The zero-order valence-corrected chi connectivity index (χ0v) is 11.7. The molecule has 5 heteroatoms. The lowest BCUT2D eigenvalue weighted by Gasteiger charge is -2.26. The van der Waals surface area contributed by atoms with E-state index in [-0.39, 0.29) is 23.4 Å². The van der Waals surface area contributed by atoms with Crippen molar-refractivity contribution in [3.8, 4) is 0 Å². The molecule has 1 atom stereocenters. The van der Waals surface area contributed by atoms with E-state index in [0.29, 0.717) is 13.0 Å². The number of hydrogen-bond donors (Lipinski definition) is 2. The molecule has 0 aliphatic rings. The number of nitrogens with one attached hydrogen (secondary N) is 1. The average Bonchev–Trinajstić information content (AvgIpc) is 2.28. The fraction of sp³-hybridized carbons (Fsp3) is 0.571. The van der Waals surface area contributed by atoms with Crippen molar-refractivity contribution in [2.45, 2.75) is 39.8 Å². The topological polar surface area (TPSA) is 71.3 Å². The number of pyridine rings is 1. The van der Waals surface area contributed by atoms with Gasteiger partial charge in [-0.3, -0.25) is 9.59 Å². The predicted octanol–water partition coefficient (Wildman–Crippen LogP) is 0.762. The van der Waals surface area contributed by atoms with Crippen LogP contribution in [-0.4, -0.2) is 28.2 Å². The molecule has 0 saturated heterocycles. The van der Waals surface area contributed by atoms with Crippen LogP contribution in [-0.2, 0) is 11.3 Å². The fourth-order valence-corrected chi connectivity index (χ4v) is 2.01. The van der Waals surface area contributed by atoms with Crippen molar-refractivity contribution in [2.24, 2.45) is 5.41 Å². The predicted molar refractivity (Wildman–Crippen MR) is 73.8 cm³/mol. The first-order valence-corrected chi connectivity index (χ1v) is 6.40. The molecule has 0 bridgehead atoms. The Hall–Kier alpha value is -1.62. The summed E-state index contributed by atoms with van der Waals surface area (Å²) in [4.78, 5) is 23.2. The standard InChI is InChI=1S/C14H22N2O3/c1-11(17)8-14(2,3)10-15-12(18)9-16-7-5-4-6-13(16)19/h4-7,11,17H,8-10H2,1-3H3,(H,15,18). The third-order valence-electron chi connectivity index (χ3n) is 2.83. The zero-order valence-electron chi connectivity index (χ0n) is 11.7. The molecule has 0 spiro atoms. The number of aromatic nitrogens is 1. The lowest BCUT2D eigenvalue weighted by Crippen LogP contribution is -2.38. The summed E-state index contributed by atoms with van der Waals surface area (Å²) in [6, 6.07) is 4.78. The van der Waals surface area contributed by atoms with E-state index in [1.165, 1.54) is 10.6 Å². The van der Waals surface area contributed by atoms with Crippen LogP contribution in [0.2, 0.25) is 0 Å². The molecule has 1 aromatic heterocycles. The summed E-state index contributed by atoms with van der Waals surface area (Å²) in [6.45, 7) is 6.18. The van der Waals surface area contributed by atoms with Crippen LogP contribution in [0.3, 0.4) is 0 Å². The number of rotatable bonds is 6. The molecule has 0 saturated carbocycles. The Morgan fingerprint density at radius 3 is 2.74 bits per heavy atom. The number of aliphatic hydroxyl groups is 1. The van der Waals surface area contributed by atoms with Gasteiger partial charge in [-0.25, -0.2) is 0 Å². The van der Waals surface area contributed by atoms with Crippen molar-refractivity contribution in [3.05, 3.63) is 34.7 Å². The van der Waals surface area contributed by atoms with Gasteiger partial charge in [-0.2, -0.15) is 0 Å². The van der Waals surface area contributed by atoms with Crippen LogP contribution in [0.5, 0.6) is 0 Å². The first-order chi connectivity index (χ1) is 8.80. The third-order valence-corrected chi connectivity index (χ3v) is 2.83. The molecule has 1 rings (SSSR count). The molecule has 0 aromatic carbocycles. The Morgan fingerprint density at radius 2 is 2.16 bits per heavy atom. The quantitative estimate of drug-likeness (QED) is 0.798. The maximum atomic E-state index is 11.8. The van der Waals surface area contributed by atoms with E-state index in [2.05, 4.69) is 5.32 Å². The second-order valence-corrected chi connectivity index (χ2v) is 5.66. The molecule has 1 unspecified atom stereocenters. The van der Waals surface area contributed by atoms with Crippen molar-refractivity contribution in [1.82, 2.24) is 9.88 Å². The summed E-state index contributed by atoms with van der Waals surface area (Å²) in [6.07, 6.45) is 1.80. The number of hydrogen-bond acceptors (Lipinski definition) is 3. The van der Waals surface area contributed by atoms with Crippen LogP contribution < -0.4 is 10.9 Å². The number of nitrogens with zero attached hydrogens (tertiary/aromatic N) is 1. The lowest BCUT2D eigenvalue weighted by atomic mass is 9.87. The molecule has 1 amide bonds. The second-order valence-electron chi connectivity index (χ2n) is 5.66. The van der Waals surface area contributed by atoms with E-state index >= 15 is 0 Å². The number of aliphatic hydroxyl groups excluding tert-OH is 1. The largest absolute Gasteiger partial charge is 0.393 e. The van der Waals surface area contributed by atoms with Crippen molar-refractivity contribution in [3.63, 3.8) is 0 Å². The Morgan fingerprint density at radius 1 is 1.47 bits per heavy atom. The van der Waals surface area contributed by atoms with Gasteiger partial charge in [0, 0.05) is 18.8 Å². The monoisotopic (exact) mass is 266 g/mol. The Balaban J connectivity index is 2.49. The Labute approximate surface area is 113 Å². The lowest BCUT2D eigenvalue weighted by molar-refractivity contribution is -0.122. The Kier molecular flexibility index (Phi) is 5.30. The van der Waals surface area contributed by atoms with Gasteiger partial charge in [0.15, 0.2) is 0 Å². The van der Waals surface area contributed by atoms with E-state index in [0.717, 1.165) is 0 Å². The summed E-state index contributed by atoms with van der Waals surface area (Å²) in [5, 5.41) is 12.2. The zero-order chi connectivity index (χ0) is 14.5. The van der Waals surface area contributed by atoms with E-state index in [4.69, 9.17) is 0 Å². The maximum Gasteiger partial charge on any atom is 0.250 e. The molecule has 5 nitrogen and oxygen atoms in total. The molecule has 2 N–H and O–H groups in total. The first-order valence-electron chi connectivity index (χ1n) is 6.40. The SMILES string of the molecule is CC(O)CC(C)(C)CNC(=O)Cn1ccccc1=O. The van der Waals surface area contributed by atoms with Gasteiger partial charge in [-0.15, -0.1) is 0 Å². The molecule has 1 aromatic rings. The smallest absolute Gasteiger partial charge is 0.250 e. The van der Waals surface area contributed by atoms with Crippen LogP contribution in [0.25, 0.3) is 0 Å². The van der Waals surface area contributed by atoms with E-state index in [1.54, 1.807) is 25.3 Å². The van der Waals surface area contributed by atoms with E-state index < -0.39 is 6.10 Å². The van der Waals surface area contributed by atoms with Crippen molar-refractivity contribution in [2.75, 3.05) is 6.54 Å². The van der Waals surface area contributed by atoms with Gasteiger partial charge in [0.05, 0.1) is 6.10 Å². The average molecular weight is 266 g/mol. The molecular formula is C14H22N2O3. The van der Waals surface area contributed by atoms with Gasteiger partial charge >= 0.3 is 0 Å². The van der Waals surface area contributed by atoms with Crippen LogP contribution in [0.4, 0.5) is 0 Å². The fourth-order valence-electron chi connectivity index (χ4n) is 2.01. The molecule has 0 radical (unpaired) electrons. The minimum absolute atomic E-state index is 0.0183. The van der Waals surface area contributed by atoms with Crippen LogP contribution in [0, 0.1) is 5.41 Å². The highest BCUT2D eigenvalue weighted by Gasteiger charge is 2.21. The van der Waals surface area contributed by atoms with Gasteiger partial charge < -0.3 is 15.0 Å². The molecule has 106 valence electrons. The molecular weight excluding hydrogens is 244 g/mol. The number of carbonyl (C=O) groups excluding carboxylic acids is 1. The summed E-state index contributed by atoms with van der Waals surface area (Å²) in [7, 11) is 0. The third kappa shape index (κ3) is 5.70. The maximum absolute atomic E-state index is 11.8. The second kappa shape index (κ2) is 6.52. The van der Waals surface area contributed by atoms with Gasteiger partial charge in [0.1, 0.15) is 6.54 Å². The van der Waals surface area contributed by atoms with Crippen LogP contribution in [0.1, 0.15) is 27.2 Å². The van der Waals surface area contributed by atoms with Gasteiger partial charge in [0.25, 0.3) is 5.56 Å². The highest BCUT2D eigenvalue weighted by Crippen LogP contribution is 2.20. The highest BCUT2D eigenvalue weighted by molar-refractivity contribution is 5.75. The number of carbonyl (C=O) groups is 1. The molecule has 19 heavy (non-hydrogen) atoms. The summed E-state index contributed by atoms with van der Waals surface area (Å²) in [5.41, 5.74) is -0.369. The van der Waals surface area contributed by atoms with Gasteiger partial charge in [-0.1, -0.05) is 19.9 Å². The van der Waals surface area contributed by atoms with Gasteiger partial charge in [0.2, 0.25) is 5.91 Å². The summed E-state index contributed by atoms with van der Waals surface area (Å²) in [5.74, 6) is -0.202. The van der Waals surface area contributed by atoms with Crippen LogP contribution >= 0.6 is 0 Å². The minimum atomic E-state index is -0.399. The van der Waals surface area contributed by atoms with E-state index in [1.807, 2.05) is 13.8 Å². The summed E-state index contributed by atoms with van der Waals surface area (Å²) < 4.78 is 1.36. The van der Waals surface area contributed by atoms with Crippen LogP contribution in [0.15, 0.2) is 29.2 Å². The molecule has 0 fully saturated rings. The first kappa shape index (κ1) is 15.4. The van der Waals surface area contributed by atoms with Gasteiger partial charge in [-0.05, 0) is 24.8 Å². The Bertz CT molecular complexity index is 478. The van der Waals surface area contributed by atoms with Crippen molar-refractivity contribution in [1.29, 1.82) is 0 Å². The summed E-state index contributed by atoms with van der Waals surface area (Å²) >= 11 is 0. The normalized spacial score (nSPS) is 13.1. The molecule has 0 aliphatic carbocycles. The van der Waals surface area contributed by atoms with Crippen molar-refractivity contribution < 1.29 is 9.90 Å². The highest BCUT2D eigenvalue weighted by atomic mass is 16.3. The van der Waals surface area contributed by atoms with Crippen molar-refractivity contribution >= 4 is 5.91 Å². The van der Waals surface area contributed by atoms with E-state index in [9.17, 15) is 14.7 Å². The molecule has 1 heterocycles. The molecule has 0 aliphatic heterocycles. The number of amides is 1.